The number of carbonyl (C=O) groups is 1. The molecule has 114 valence electrons. The number of pyridine rings is 1. The molecule has 1 aliphatic carbocycles. The Balaban J connectivity index is 1.69. The van der Waals surface area contributed by atoms with Gasteiger partial charge in [0.25, 0.3) is 0 Å². The van der Waals surface area contributed by atoms with Crippen LogP contribution in [0.15, 0.2) is 54.9 Å². The first kappa shape index (κ1) is 14.6. The Labute approximate surface area is 131 Å². The Morgan fingerprint density at radius 1 is 1.09 bits per heavy atom. The van der Waals surface area contributed by atoms with Gasteiger partial charge in [-0.2, -0.15) is 0 Å². The van der Waals surface area contributed by atoms with Crippen molar-refractivity contribution in [3.8, 4) is 0 Å². The molecule has 0 radical (unpaired) electrons. The minimum atomic E-state index is -0.161. The Hall–Kier alpha value is -2.36. The molecule has 1 aromatic heterocycles. The molecule has 1 aliphatic rings. The number of benzene rings is 1. The van der Waals surface area contributed by atoms with Crippen LogP contribution in [0.2, 0.25) is 0 Å². The number of hydrogen-bond donors (Lipinski definition) is 2. The Kier molecular flexibility index (Phi) is 4.68. The van der Waals surface area contributed by atoms with Crippen molar-refractivity contribution in [2.75, 3.05) is 6.54 Å². The van der Waals surface area contributed by atoms with Crippen LogP contribution >= 0.6 is 0 Å². The minimum absolute atomic E-state index is 0.113. The molecular formula is C18H21N3O. The summed E-state index contributed by atoms with van der Waals surface area (Å²) < 4.78 is 0. The van der Waals surface area contributed by atoms with Gasteiger partial charge in [0, 0.05) is 18.9 Å². The number of nitrogens with zero attached hydrogens (tertiary/aromatic N) is 1. The molecule has 4 heteroatoms. The molecule has 1 fully saturated rings. The van der Waals surface area contributed by atoms with E-state index in [0.717, 1.165) is 17.7 Å². The lowest BCUT2D eigenvalue weighted by Gasteiger charge is -2.26. The molecule has 0 bridgehead atoms. The van der Waals surface area contributed by atoms with Crippen LogP contribution in [-0.2, 0) is 0 Å². The van der Waals surface area contributed by atoms with Gasteiger partial charge in [-0.25, -0.2) is 4.79 Å². The third kappa shape index (κ3) is 3.64. The van der Waals surface area contributed by atoms with Crippen LogP contribution in [0.1, 0.15) is 36.4 Å². The SMILES string of the molecule is O=C(NCC1CCC1)N[C@@H](c1ccccc1)c1ccncc1. The molecule has 1 saturated carbocycles. The van der Waals surface area contributed by atoms with Gasteiger partial charge in [0.05, 0.1) is 6.04 Å². The Morgan fingerprint density at radius 2 is 1.77 bits per heavy atom. The molecule has 1 aromatic carbocycles. The summed E-state index contributed by atoms with van der Waals surface area (Å²) in [6.45, 7) is 0.768. The van der Waals surface area contributed by atoms with Crippen molar-refractivity contribution in [3.63, 3.8) is 0 Å². The van der Waals surface area contributed by atoms with Gasteiger partial charge in [0.1, 0.15) is 0 Å². The lowest BCUT2D eigenvalue weighted by molar-refractivity contribution is 0.230. The Morgan fingerprint density at radius 3 is 2.41 bits per heavy atom. The van der Waals surface area contributed by atoms with Gasteiger partial charge in [-0.1, -0.05) is 36.8 Å². The van der Waals surface area contributed by atoms with E-state index in [2.05, 4.69) is 15.6 Å². The van der Waals surface area contributed by atoms with E-state index in [1.165, 1.54) is 19.3 Å². The van der Waals surface area contributed by atoms with E-state index in [0.29, 0.717) is 5.92 Å². The zero-order chi connectivity index (χ0) is 15.2. The maximum Gasteiger partial charge on any atom is 0.315 e. The van der Waals surface area contributed by atoms with Crippen molar-refractivity contribution < 1.29 is 4.79 Å². The third-order valence-electron chi connectivity index (χ3n) is 4.22. The highest BCUT2D eigenvalue weighted by Gasteiger charge is 2.20. The summed E-state index contributed by atoms with van der Waals surface area (Å²) in [5.41, 5.74) is 2.09. The first-order valence-corrected chi connectivity index (χ1v) is 7.82. The number of nitrogens with one attached hydrogen (secondary N) is 2. The van der Waals surface area contributed by atoms with Gasteiger partial charge >= 0.3 is 6.03 Å². The summed E-state index contributed by atoms with van der Waals surface area (Å²) in [6, 6.07) is 13.6. The standard InChI is InChI=1S/C18H21N3O/c22-18(20-13-14-5-4-6-14)21-17(15-7-2-1-3-8-15)16-9-11-19-12-10-16/h1-3,7-12,14,17H,4-6,13H2,(H2,20,21,22)/t17-/m0/s1. The maximum absolute atomic E-state index is 12.2. The molecule has 2 N–H and O–H groups in total. The summed E-state index contributed by atoms with van der Waals surface area (Å²) >= 11 is 0. The van der Waals surface area contributed by atoms with Crippen molar-refractivity contribution in [1.29, 1.82) is 0 Å². The molecule has 0 spiro atoms. The number of aromatic nitrogens is 1. The molecule has 22 heavy (non-hydrogen) atoms. The average molecular weight is 295 g/mol. The fraction of sp³-hybridized carbons (Fsp3) is 0.333. The van der Waals surface area contributed by atoms with Gasteiger partial charge < -0.3 is 10.6 Å². The summed E-state index contributed by atoms with van der Waals surface area (Å²) in [5.74, 6) is 0.654. The van der Waals surface area contributed by atoms with Gasteiger partial charge in [0.15, 0.2) is 0 Å². The van der Waals surface area contributed by atoms with Crippen molar-refractivity contribution in [3.05, 3.63) is 66.0 Å². The highest BCUT2D eigenvalue weighted by molar-refractivity contribution is 5.75. The predicted octanol–water partition coefficient (Wildman–Crippen LogP) is 3.27. The van der Waals surface area contributed by atoms with Gasteiger partial charge in [-0.15, -0.1) is 0 Å². The second-order valence-corrected chi connectivity index (χ2v) is 5.78. The van der Waals surface area contributed by atoms with Gasteiger partial charge in [-0.3, -0.25) is 4.98 Å². The van der Waals surface area contributed by atoms with E-state index in [1.54, 1.807) is 12.4 Å². The third-order valence-corrected chi connectivity index (χ3v) is 4.22. The van der Waals surface area contributed by atoms with Crippen molar-refractivity contribution >= 4 is 6.03 Å². The second kappa shape index (κ2) is 7.07. The molecular weight excluding hydrogens is 274 g/mol. The molecule has 1 heterocycles. The fourth-order valence-corrected chi connectivity index (χ4v) is 2.68. The zero-order valence-electron chi connectivity index (χ0n) is 12.5. The largest absolute Gasteiger partial charge is 0.338 e. The molecule has 1 atom stereocenters. The number of urea groups is 1. The normalized spacial score (nSPS) is 15.6. The number of amides is 2. The second-order valence-electron chi connectivity index (χ2n) is 5.78. The number of carbonyl (C=O) groups excluding carboxylic acids is 1. The summed E-state index contributed by atoms with van der Waals surface area (Å²) in [6.07, 6.45) is 7.25. The van der Waals surface area contributed by atoms with Crippen LogP contribution in [0.5, 0.6) is 0 Å². The fourth-order valence-electron chi connectivity index (χ4n) is 2.68. The van der Waals surface area contributed by atoms with E-state index in [4.69, 9.17) is 0 Å². The summed E-state index contributed by atoms with van der Waals surface area (Å²) in [4.78, 5) is 16.3. The highest BCUT2D eigenvalue weighted by atomic mass is 16.2. The lowest BCUT2D eigenvalue weighted by atomic mass is 9.85. The van der Waals surface area contributed by atoms with Crippen molar-refractivity contribution in [2.45, 2.75) is 25.3 Å². The van der Waals surface area contributed by atoms with E-state index >= 15 is 0 Å². The topological polar surface area (TPSA) is 54.0 Å². The maximum atomic E-state index is 12.2. The lowest BCUT2D eigenvalue weighted by Crippen LogP contribution is -2.41. The highest BCUT2D eigenvalue weighted by Crippen LogP contribution is 2.25. The molecule has 2 amide bonds. The van der Waals surface area contributed by atoms with Crippen LogP contribution in [-0.4, -0.2) is 17.6 Å². The summed E-state index contributed by atoms with van der Waals surface area (Å²) in [5, 5.41) is 6.06. The van der Waals surface area contributed by atoms with Crippen LogP contribution < -0.4 is 10.6 Å². The molecule has 0 unspecified atom stereocenters. The van der Waals surface area contributed by atoms with Crippen LogP contribution in [0.3, 0.4) is 0 Å². The van der Waals surface area contributed by atoms with E-state index in [-0.39, 0.29) is 12.1 Å². The predicted molar refractivity (Wildman–Crippen MR) is 86.4 cm³/mol. The quantitative estimate of drug-likeness (QED) is 0.889. The first-order valence-electron chi connectivity index (χ1n) is 7.82. The molecule has 3 rings (SSSR count). The smallest absolute Gasteiger partial charge is 0.315 e. The molecule has 0 aliphatic heterocycles. The Bertz CT molecular complexity index is 557. The van der Waals surface area contributed by atoms with Gasteiger partial charge in [0.2, 0.25) is 0 Å². The molecule has 4 nitrogen and oxygen atoms in total. The van der Waals surface area contributed by atoms with Crippen LogP contribution in [0.25, 0.3) is 0 Å². The first-order chi connectivity index (χ1) is 10.8. The van der Waals surface area contributed by atoms with Gasteiger partial charge in [-0.05, 0) is 42.0 Å². The van der Waals surface area contributed by atoms with E-state index in [1.807, 2.05) is 42.5 Å². The van der Waals surface area contributed by atoms with Crippen LogP contribution in [0.4, 0.5) is 4.79 Å². The average Bonchev–Trinajstić information content (AvgIpc) is 2.53. The number of hydrogen-bond acceptors (Lipinski definition) is 2. The van der Waals surface area contributed by atoms with Crippen molar-refractivity contribution in [1.82, 2.24) is 15.6 Å². The van der Waals surface area contributed by atoms with Crippen molar-refractivity contribution in [2.24, 2.45) is 5.92 Å². The van der Waals surface area contributed by atoms with E-state index < -0.39 is 0 Å². The van der Waals surface area contributed by atoms with E-state index in [9.17, 15) is 4.79 Å². The zero-order valence-corrected chi connectivity index (χ0v) is 12.5. The minimum Gasteiger partial charge on any atom is -0.338 e. The summed E-state index contributed by atoms with van der Waals surface area (Å²) in [7, 11) is 0. The number of rotatable bonds is 5. The van der Waals surface area contributed by atoms with Crippen LogP contribution in [0, 0.1) is 5.92 Å². The monoisotopic (exact) mass is 295 g/mol. The molecule has 0 saturated heterocycles. The molecule has 2 aromatic rings.